The molecule has 198 valence electrons. The number of ether oxygens (including phenoxy) is 2. The molecule has 4 aromatic heterocycles. The van der Waals surface area contributed by atoms with Gasteiger partial charge in [0.15, 0.2) is 45.6 Å². The highest BCUT2D eigenvalue weighted by Gasteiger charge is 2.27. The van der Waals surface area contributed by atoms with Crippen molar-refractivity contribution < 1.29 is 9.47 Å². The van der Waals surface area contributed by atoms with Crippen LogP contribution in [0.4, 0.5) is 11.6 Å². The molecule has 4 aromatic rings. The fourth-order valence-corrected chi connectivity index (χ4v) is 5.07. The molecular weight excluding hydrogens is 484 g/mol. The lowest BCUT2D eigenvalue weighted by atomic mass is 10.3. The lowest BCUT2D eigenvalue weighted by molar-refractivity contribution is 0.122. The Morgan fingerprint density at radius 3 is 1.47 bits per heavy atom. The fraction of sp³-hybridized carbons (Fsp3) is 0.462. The van der Waals surface area contributed by atoms with Crippen LogP contribution in [-0.4, -0.2) is 91.6 Å². The van der Waals surface area contributed by atoms with E-state index in [2.05, 4.69) is 52.0 Å². The number of hydrogen-bond donors (Lipinski definition) is 0. The van der Waals surface area contributed by atoms with Gasteiger partial charge in [0.1, 0.15) is 12.7 Å². The lowest BCUT2D eigenvalue weighted by Gasteiger charge is -2.27. The van der Waals surface area contributed by atoms with Gasteiger partial charge in [0.05, 0.1) is 26.4 Å². The SMILES string of the molecule is C=CCCn1c(-c2nc3c(N4CCOCC4)ncnc3n2CCC=C)nc2c(N3CCOCC3)ncnc21. The van der Waals surface area contributed by atoms with Crippen molar-refractivity contribution in [2.45, 2.75) is 25.9 Å². The Hall–Kier alpha value is -3.90. The summed E-state index contributed by atoms with van der Waals surface area (Å²) in [5.41, 5.74) is 3.07. The predicted molar refractivity (Wildman–Crippen MR) is 145 cm³/mol. The quantitative estimate of drug-likeness (QED) is 0.308. The summed E-state index contributed by atoms with van der Waals surface area (Å²) < 4.78 is 15.4. The van der Waals surface area contributed by atoms with Gasteiger partial charge in [-0.1, -0.05) is 12.2 Å². The maximum atomic E-state index is 5.56. The second-order valence-corrected chi connectivity index (χ2v) is 9.27. The molecule has 0 spiro atoms. The van der Waals surface area contributed by atoms with E-state index in [1.807, 2.05) is 12.2 Å². The molecule has 2 aliphatic rings. The van der Waals surface area contributed by atoms with Crippen molar-refractivity contribution in [2.24, 2.45) is 0 Å². The summed E-state index contributed by atoms with van der Waals surface area (Å²) in [6.07, 6.45) is 8.57. The smallest absolute Gasteiger partial charge is 0.178 e. The first-order chi connectivity index (χ1) is 18.8. The van der Waals surface area contributed by atoms with Crippen LogP contribution in [0.3, 0.4) is 0 Å². The average molecular weight is 517 g/mol. The summed E-state index contributed by atoms with van der Waals surface area (Å²) in [7, 11) is 0. The Labute approximate surface area is 220 Å². The van der Waals surface area contributed by atoms with Gasteiger partial charge in [0.25, 0.3) is 0 Å². The van der Waals surface area contributed by atoms with Crippen molar-refractivity contribution in [2.75, 3.05) is 62.4 Å². The van der Waals surface area contributed by atoms with Gasteiger partial charge < -0.3 is 28.4 Å². The van der Waals surface area contributed by atoms with Crippen LogP contribution in [0.1, 0.15) is 12.8 Å². The number of anilines is 2. The number of fused-ring (bicyclic) bond motifs is 2. The molecule has 2 fully saturated rings. The van der Waals surface area contributed by atoms with E-state index in [4.69, 9.17) is 19.4 Å². The third kappa shape index (κ3) is 4.39. The third-order valence-electron chi connectivity index (χ3n) is 6.96. The van der Waals surface area contributed by atoms with Gasteiger partial charge in [-0.3, -0.25) is 0 Å². The van der Waals surface area contributed by atoms with E-state index >= 15 is 0 Å². The molecule has 0 aromatic carbocycles. The molecule has 2 saturated heterocycles. The van der Waals surface area contributed by atoms with Crippen LogP contribution in [0, 0.1) is 0 Å². The number of rotatable bonds is 9. The van der Waals surface area contributed by atoms with E-state index in [1.165, 1.54) is 0 Å². The number of aryl methyl sites for hydroxylation is 2. The molecule has 0 aliphatic carbocycles. The van der Waals surface area contributed by atoms with Crippen molar-refractivity contribution in [1.82, 2.24) is 39.0 Å². The third-order valence-corrected chi connectivity index (χ3v) is 6.96. The van der Waals surface area contributed by atoms with Crippen LogP contribution in [-0.2, 0) is 22.6 Å². The highest BCUT2D eigenvalue weighted by atomic mass is 16.5. The molecular formula is C26H32N10O2. The minimum Gasteiger partial charge on any atom is -0.378 e. The second-order valence-electron chi connectivity index (χ2n) is 9.27. The number of allylic oxidation sites excluding steroid dienone is 2. The maximum Gasteiger partial charge on any atom is 0.178 e. The van der Waals surface area contributed by atoms with Crippen molar-refractivity contribution >= 4 is 34.0 Å². The standard InChI is InChI=1S/C26H32N10O2/c1-3-5-7-35-23-19(21(27-17-29-23)33-9-13-37-14-10-33)31-25(35)26-32-20-22(34-11-15-38-16-12-34)28-18-30-24(20)36(26)8-6-4-2/h3-4,17-18H,1-2,5-16H2. The highest BCUT2D eigenvalue weighted by molar-refractivity contribution is 5.89. The Morgan fingerprint density at radius 1 is 0.658 bits per heavy atom. The summed E-state index contributed by atoms with van der Waals surface area (Å²) in [5.74, 6) is 3.10. The second kappa shape index (κ2) is 10.8. The zero-order valence-electron chi connectivity index (χ0n) is 21.5. The Kier molecular flexibility index (Phi) is 6.97. The van der Waals surface area contributed by atoms with Crippen LogP contribution >= 0.6 is 0 Å². The first-order valence-electron chi connectivity index (χ1n) is 13.1. The fourth-order valence-electron chi connectivity index (χ4n) is 5.07. The van der Waals surface area contributed by atoms with Crippen molar-refractivity contribution in [3.05, 3.63) is 38.0 Å². The van der Waals surface area contributed by atoms with Crippen LogP contribution in [0.15, 0.2) is 38.0 Å². The zero-order valence-corrected chi connectivity index (χ0v) is 21.5. The molecule has 38 heavy (non-hydrogen) atoms. The minimum absolute atomic E-state index is 0.663. The topological polar surface area (TPSA) is 112 Å². The highest BCUT2D eigenvalue weighted by Crippen LogP contribution is 2.33. The summed E-state index contributed by atoms with van der Waals surface area (Å²) >= 11 is 0. The minimum atomic E-state index is 0.663. The van der Waals surface area contributed by atoms with Gasteiger partial charge in [0.2, 0.25) is 0 Å². The van der Waals surface area contributed by atoms with Crippen molar-refractivity contribution in [3.63, 3.8) is 0 Å². The van der Waals surface area contributed by atoms with Gasteiger partial charge in [-0.2, -0.15) is 0 Å². The Morgan fingerprint density at radius 2 is 1.08 bits per heavy atom. The van der Waals surface area contributed by atoms with Gasteiger partial charge in [-0.15, -0.1) is 13.2 Å². The number of aromatic nitrogens is 8. The molecule has 12 heteroatoms. The summed E-state index contributed by atoms with van der Waals surface area (Å²) in [6.45, 7) is 14.9. The van der Waals surface area contributed by atoms with E-state index in [-0.39, 0.29) is 0 Å². The maximum absolute atomic E-state index is 5.56. The average Bonchev–Trinajstić information content (AvgIpc) is 3.53. The van der Waals surface area contributed by atoms with Crippen molar-refractivity contribution in [3.8, 4) is 11.6 Å². The number of hydrogen-bond acceptors (Lipinski definition) is 10. The molecule has 0 atom stereocenters. The molecule has 0 unspecified atom stereocenters. The van der Waals surface area contributed by atoms with E-state index in [0.29, 0.717) is 39.5 Å². The van der Waals surface area contributed by atoms with Gasteiger partial charge >= 0.3 is 0 Å². The zero-order chi connectivity index (χ0) is 25.9. The monoisotopic (exact) mass is 516 g/mol. The predicted octanol–water partition coefficient (Wildman–Crippen LogP) is 2.46. The van der Waals surface area contributed by atoms with Gasteiger partial charge in [-0.25, -0.2) is 29.9 Å². The molecule has 6 heterocycles. The molecule has 6 rings (SSSR count). The van der Waals surface area contributed by atoms with Crippen LogP contribution in [0.5, 0.6) is 0 Å². The first kappa shape index (κ1) is 24.4. The van der Waals surface area contributed by atoms with Crippen LogP contribution in [0.25, 0.3) is 34.0 Å². The van der Waals surface area contributed by atoms with E-state index in [1.54, 1.807) is 12.7 Å². The normalized spacial score (nSPS) is 16.4. The molecule has 0 saturated carbocycles. The molecule has 0 bridgehead atoms. The summed E-state index contributed by atoms with van der Waals surface area (Å²) in [6, 6.07) is 0. The van der Waals surface area contributed by atoms with Crippen LogP contribution in [0.2, 0.25) is 0 Å². The lowest BCUT2D eigenvalue weighted by Crippen LogP contribution is -2.37. The van der Waals surface area contributed by atoms with Crippen molar-refractivity contribution in [1.29, 1.82) is 0 Å². The number of imidazole rings is 2. The first-order valence-corrected chi connectivity index (χ1v) is 13.1. The molecule has 0 N–H and O–H groups in total. The van der Waals surface area contributed by atoms with E-state index in [0.717, 1.165) is 84.6 Å². The molecule has 0 amide bonds. The van der Waals surface area contributed by atoms with E-state index < -0.39 is 0 Å². The number of nitrogens with zero attached hydrogens (tertiary/aromatic N) is 10. The summed E-state index contributed by atoms with van der Waals surface area (Å²) in [4.78, 5) is 33.3. The van der Waals surface area contributed by atoms with Gasteiger partial charge in [-0.05, 0) is 12.8 Å². The van der Waals surface area contributed by atoms with Crippen LogP contribution < -0.4 is 9.80 Å². The van der Waals surface area contributed by atoms with E-state index in [9.17, 15) is 0 Å². The molecule has 0 radical (unpaired) electrons. The Balaban J connectivity index is 1.56. The molecule has 12 nitrogen and oxygen atoms in total. The van der Waals surface area contributed by atoms with Gasteiger partial charge in [0, 0.05) is 39.3 Å². The summed E-state index contributed by atoms with van der Waals surface area (Å²) in [5, 5.41) is 0. The number of morpholine rings is 2. The molecule has 2 aliphatic heterocycles. The Bertz CT molecular complexity index is 1340. The largest absolute Gasteiger partial charge is 0.378 e.